The summed E-state index contributed by atoms with van der Waals surface area (Å²) in [5.74, 6) is -1.55. The van der Waals surface area contributed by atoms with E-state index in [0.29, 0.717) is 0 Å². The molecular weight excluding hydrogens is 304 g/mol. The molecule has 0 N–H and O–H groups in total. The summed E-state index contributed by atoms with van der Waals surface area (Å²) in [6.45, 7) is 8.82. The van der Waals surface area contributed by atoms with Crippen LogP contribution < -0.4 is 0 Å². The van der Waals surface area contributed by atoms with Crippen LogP contribution in [0.5, 0.6) is 0 Å². The van der Waals surface area contributed by atoms with Crippen LogP contribution in [0, 0.1) is 0 Å². The van der Waals surface area contributed by atoms with Gasteiger partial charge in [-0.2, -0.15) is 8.42 Å². The molecule has 0 aromatic rings. The number of rotatable bonds is 10. The second kappa shape index (κ2) is 9.27. The van der Waals surface area contributed by atoms with Gasteiger partial charge >= 0.3 is 22.3 Å². The van der Waals surface area contributed by atoms with Crippen molar-refractivity contribution < 1.29 is 35.8 Å². The van der Waals surface area contributed by atoms with Crippen molar-refractivity contribution in [3.8, 4) is 0 Å². The van der Waals surface area contributed by atoms with Crippen LogP contribution in [0.1, 0.15) is 13.8 Å². The molecule has 0 heterocycles. The van der Waals surface area contributed by atoms with E-state index in [1.807, 2.05) is 0 Å². The van der Waals surface area contributed by atoms with Crippen molar-refractivity contribution in [1.82, 2.24) is 0 Å². The summed E-state index contributed by atoms with van der Waals surface area (Å²) in [5, 5.41) is 0. The molecule has 0 aliphatic heterocycles. The Hall–Kier alpha value is -1.71. The van der Waals surface area contributed by atoms with Crippen LogP contribution in [-0.4, -0.2) is 46.8 Å². The summed E-state index contributed by atoms with van der Waals surface area (Å²) in [4.78, 5) is 22.3. The van der Waals surface area contributed by atoms with Gasteiger partial charge in [0.15, 0.2) is 0 Å². The molecule has 0 fully saturated rings. The Kier molecular flexibility index (Phi) is 8.51. The Balaban J connectivity index is 4.27. The zero-order chi connectivity index (χ0) is 16.5. The second-order valence-electron chi connectivity index (χ2n) is 3.58. The largest absolute Gasteiger partial charge is 0.463 e. The lowest BCUT2D eigenvalue weighted by Crippen LogP contribution is -2.19. The third kappa shape index (κ3) is 8.23. The van der Waals surface area contributed by atoms with Gasteiger partial charge < -0.3 is 9.47 Å². The van der Waals surface area contributed by atoms with Gasteiger partial charge in [0.2, 0.25) is 0 Å². The normalized spacial score (nSPS) is 10.8. The number of hydrogen-bond donors (Lipinski definition) is 0. The lowest BCUT2D eigenvalue weighted by Gasteiger charge is -2.08. The van der Waals surface area contributed by atoms with Crippen LogP contribution in [0.15, 0.2) is 24.3 Å². The minimum Gasteiger partial charge on any atom is -0.463 e. The Labute approximate surface area is 123 Å². The van der Waals surface area contributed by atoms with Gasteiger partial charge in [-0.3, -0.25) is 0 Å². The van der Waals surface area contributed by atoms with E-state index in [2.05, 4.69) is 31.0 Å². The highest BCUT2D eigenvalue weighted by molar-refractivity contribution is 7.81. The zero-order valence-electron chi connectivity index (χ0n) is 11.9. The molecule has 0 aliphatic carbocycles. The van der Waals surface area contributed by atoms with Gasteiger partial charge in [0.25, 0.3) is 0 Å². The molecule has 0 amide bonds. The van der Waals surface area contributed by atoms with E-state index in [-0.39, 0.29) is 24.4 Å². The topological polar surface area (TPSA) is 105 Å². The summed E-state index contributed by atoms with van der Waals surface area (Å²) in [6.07, 6.45) is 0. The number of esters is 2. The number of hydrogen-bond acceptors (Lipinski definition) is 8. The lowest BCUT2D eigenvalue weighted by atomic mass is 10.3. The van der Waals surface area contributed by atoms with Crippen molar-refractivity contribution in [2.45, 2.75) is 13.8 Å². The molecule has 0 saturated carbocycles. The molecule has 0 spiro atoms. The SMILES string of the molecule is C=C(COS(=O)(=O)OCC(=C)C(=O)OCC)C(=O)OCC. The van der Waals surface area contributed by atoms with Crippen molar-refractivity contribution in [2.24, 2.45) is 0 Å². The molecule has 120 valence electrons. The summed E-state index contributed by atoms with van der Waals surface area (Å²) in [7, 11) is -4.41. The van der Waals surface area contributed by atoms with Gasteiger partial charge in [-0.1, -0.05) is 13.2 Å². The Morgan fingerprint density at radius 2 is 1.19 bits per heavy atom. The Bertz CT molecular complexity index is 465. The van der Waals surface area contributed by atoms with Crippen LogP contribution in [0.2, 0.25) is 0 Å². The van der Waals surface area contributed by atoms with Crippen molar-refractivity contribution in [3.05, 3.63) is 24.3 Å². The van der Waals surface area contributed by atoms with E-state index in [0.717, 1.165) is 0 Å². The highest BCUT2D eigenvalue weighted by Crippen LogP contribution is 2.05. The first kappa shape index (κ1) is 19.3. The smallest absolute Gasteiger partial charge is 0.400 e. The molecule has 0 atom stereocenters. The van der Waals surface area contributed by atoms with Gasteiger partial charge in [0, 0.05) is 0 Å². The van der Waals surface area contributed by atoms with Crippen molar-refractivity contribution in [2.75, 3.05) is 26.4 Å². The molecule has 8 nitrogen and oxygen atoms in total. The second-order valence-corrected chi connectivity index (χ2v) is 4.87. The molecule has 9 heteroatoms. The minimum atomic E-state index is -4.41. The summed E-state index contributed by atoms with van der Waals surface area (Å²) in [6, 6.07) is 0. The molecule has 0 unspecified atom stereocenters. The summed E-state index contributed by atoms with van der Waals surface area (Å²) >= 11 is 0. The Morgan fingerprint density at radius 3 is 1.48 bits per heavy atom. The predicted molar refractivity (Wildman–Crippen MR) is 72.4 cm³/mol. The third-order valence-corrected chi connectivity index (χ3v) is 2.70. The van der Waals surface area contributed by atoms with Crippen molar-refractivity contribution >= 4 is 22.3 Å². The fraction of sp³-hybridized carbons (Fsp3) is 0.500. The summed E-state index contributed by atoms with van der Waals surface area (Å²) in [5.41, 5.74) is -0.374. The quantitative estimate of drug-likeness (QED) is 0.423. The minimum absolute atomic E-state index is 0.125. The molecular formula is C12H18O8S. The van der Waals surface area contributed by atoms with Crippen molar-refractivity contribution in [1.29, 1.82) is 0 Å². The summed E-state index contributed by atoms with van der Waals surface area (Å²) < 4.78 is 40.7. The van der Waals surface area contributed by atoms with E-state index in [1.165, 1.54) is 0 Å². The zero-order valence-corrected chi connectivity index (χ0v) is 12.7. The molecule has 0 rings (SSSR count). The molecule has 0 saturated heterocycles. The lowest BCUT2D eigenvalue weighted by molar-refractivity contribution is -0.139. The average Bonchev–Trinajstić information content (AvgIpc) is 2.42. The van der Waals surface area contributed by atoms with Gasteiger partial charge in [0.1, 0.15) is 13.2 Å². The predicted octanol–water partition coefficient (Wildman–Crippen LogP) is 0.503. The van der Waals surface area contributed by atoms with Gasteiger partial charge in [-0.15, -0.1) is 0 Å². The highest BCUT2D eigenvalue weighted by Gasteiger charge is 2.18. The molecule has 0 radical (unpaired) electrons. The molecule has 0 aromatic heterocycles. The Morgan fingerprint density at radius 1 is 0.857 bits per heavy atom. The van der Waals surface area contributed by atoms with Crippen LogP contribution in [-0.2, 0) is 37.8 Å². The van der Waals surface area contributed by atoms with E-state index < -0.39 is 35.6 Å². The van der Waals surface area contributed by atoms with Crippen LogP contribution in [0.25, 0.3) is 0 Å². The maximum absolute atomic E-state index is 11.4. The van der Waals surface area contributed by atoms with Gasteiger partial charge in [-0.05, 0) is 13.8 Å². The molecule has 21 heavy (non-hydrogen) atoms. The third-order valence-electron chi connectivity index (χ3n) is 1.88. The number of carbonyl (C=O) groups is 2. The van der Waals surface area contributed by atoms with Crippen LogP contribution in [0.3, 0.4) is 0 Å². The fourth-order valence-electron chi connectivity index (χ4n) is 0.905. The van der Waals surface area contributed by atoms with Crippen molar-refractivity contribution in [3.63, 3.8) is 0 Å². The molecule has 0 aromatic carbocycles. The van der Waals surface area contributed by atoms with Crippen LogP contribution >= 0.6 is 0 Å². The van der Waals surface area contributed by atoms with E-state index in [1.54, 1.807) is 13.8 Å². The first-order valence-electron chi connectivity index (χ1n) is 5.97. The monoisotopic (exact) mass is 322 g/mol. The van der Waals surface area contributed by atoms with E-state index in [9.17, 15) is 18.0 Å². The fourth-order valence-corrected chi connectivity index (χ4v) is 1.55. The van der Waals surface area contributed by atoms with Gasteiger partial charge in [0.05, 0.1) is 24.4 Å². The maximum atomic E-state index is 11.4. The first-order chi connectivity index (χ1) is 9.73. The molecule has 0 aliphatic rings. The van der Waals surface area contributed by atoms with Crippen LogP contribution in [0.4, 0.5) is 0 Å². The van der Waals surface area contributed by atoms with E-state index in [4.69, 9.17) is 0 Å². The standard InChI is InChI=1S/C12H18O8S/c1-5-17-11(13)9(3)7-19-21(15,16)20-8-10(4)12(14)18-6-2/h3-8H2,1-2H3. The van der Waals surface area contributed by atoms with E-state index >= 15 is 0 Å². The first-order valence-corrected chi connectivity index (χ1v) is 7.30. The highest BCUT2D eigenvalue weighted by atomic mass is 32.3. The maximum Gasteiger partial charge on any atom is 0.400 e. The number of ether oxygens (including phenoxy) is 2. The average molecular weight is 322 g/mol. The van der Waals surface area contributed by atoms with Gasteiger partial charge in [-0.25, -0.2) is 18.0 Å². The number of carbonyl (C=O) groups excluding carboxylic acids is 2. The molecule has 0 bridgehead atoms.